The number of aliphatic carboxylic acids is 1. The van der Waals surface area contributed by atoms with Crippen molar-refractivity contribution in [2.24, 2.45) is 5.73 Å². The van der Waals surface area contributed by atoms with E-state index in [2.05, 4.69) is 0 Å². The quantitative estimate of drug-likeness (QED) is 0.675. The summed E-state index contributed by atoms with van der Waals surface area (Å²) in [6.07, 6.45) is -3.76. The average molecular weight is 297 g/mol. The molecule has 0 aromatic heterocycles. The van der Waals surface area contributed by atoms with E-state index in [4.69, 9.17) is 10.8 Å². The Hall–Kier alpha value is -1.35. The molecule has 1 aliphatic heterocycles. The van der Waals surface area contributed by atoms with Gasteiger partial charge in [-0.3, -0.25) is 9.69 Å². The Balaban J connectivity index is 2.62. The highest BCUT2D eigenvalue weighted by atomic mass is 19.4. The SMILES string of the molecule is CC(NC(=O)CN1CCC(N)CC1)(C(=O)O)C(F)(F)F. The van der Waals surface area contributed by atoms with Gasteiger partial charge in [0.15, 0.2) is 0 Å². The fourth-order valence-corrected chi connectivity index (χ4v) is 1.88. The third-order valence-electron chi connectivity index (χ3n) is 3.38. The Bertz CT molecular complexity index is 381. The van der Waals surface area contributed by atoms with Crippen LogP contribution in [0.3, 0.4) is 0 Å². The first kappa shape index (κ1) is 16.7. The number of halogens is 3. The Labute approximate surface area is 114 Å². The van der Waals surface area contributed by atoms with Crippen LogP contribution in [-0.4, -0.2) is 59.3 Å². The largest absolute Gasteiger partial charge is 0.479 e. The van der Waals surface area contributed by atoms with Gasteiger partial charge in [-0.15, -0.1) is 0 Å². The van der Waals surface area contributed by atoms with Gasteiger partial charge in [0.2, 0.25) is 11.4 Å². The van der Waals surface area contributed by atoms with Crippen LogP contribution in [0.4, 0.5) is 13.2 Å². The Morgan fingerprint density at radius 1 is 1.35 bits per heavy atom. The fraction of sp³-hybridized carbons (Fsp3) is 0.818. The van der Waals surface area contributed by atoms with Gasteiger partial charge in [0, 0.05) is 19.1 Å². The van der Waals surface area contributed by atoms with Crippen LogP contribution in [0, 0.1) is 0 Å². The van der Waals surface area contributed by atoms with E-state index >= 15 is 0 Å². The van der Waals surface area contributed by atoms with Crippen molar-refractivity contribution < 1.29 is 27.9 Å². The highest BCUT2D eigenvalue weighted by molar-refractivity contribution is 5.88. The van der Waals surface area contributed by atoms with Gasteiger partial charge in [0.05, 0.1) is 6.54 Å². The molecular weight excluding hydrogens is 279 g/mol. The second kappa shape index (κ2) is 5.96. The van der Waals surface area contributed by atoms with Crippen LogP contribution in [0.5, 0.6) is 0 Å². The average Bonchev–Trinajstić information content (AvgIpc) is 2.30. The molecule has 0 aromatic carbocycles. The van der Waals surface area contributed by atoms with Crippen molar-refractivity contribution in [2.45, 2.75) is 37.5 Å². The zero-order chi connectivity index (χ0) is 15.6. The van der Waals surface area contributed by atoms with E-state index in [1.165, 1.54) is 0 Å². The molecule has 0 radical (unpaired) electrons. The van der Waals surface area contributed by atoms with E-state index in [-0.39, 0.29) is 12.6 Å². The molecule has 1 aliphatic rings. The number of carboxylic acids is 1. The molecule has 0 bridgehead atoms. The zero-order valence-corrected chi connectivity index (χ0v) is 11.0. The third kappa shape index (κ3) is 3.83. The van der Waals surface area contributed by atoms with E-state index in [9.17, 15) is 22.8 Å². The summed E-state index contributed by atoms with van der Waals surface area (Å²) in [5, 5.41) is 10.2. The molecule has 0 saturated carbocycles. The van der Waals surface area contributed by atoms with Crippen molar-refractivity contribution in [1.29, 1.82) is 0 Å². The lowest BCUT2D eigenvalue weighted by atomic mass is 10.0. The maximum Gasteiger partial charge on any atom is 0.422 e. The van der Waals surface area contributed by atoms with Gasteiger partial charge in [0.25, 0.3) is 0 Å². The number of alkyl halides is 3. The van der Waals surface area contributed by atoms with Crippen LogP contribution < -0.4 is 11.1 Å². The number of carbonyl (C=O) groups excluding carboxylic acids is 1. The van der Waals surface area contributed by atoms with Crippen LogP contribution in [0.25, 0.3) is 0 Å². The lowest BCUT2D eigenvalue weighted by Gasteiger charge is -2.32. The number of nitrogens with two attached hydrogens (primary N) is 1. The topological polar surface area (TPSA) is 95.7 Å². The van der Waals surface area contributed by atoms with Gasteiger partial charge in [-0.25, -0.2) is 4.79 Å². The minimum absolute atomic E-state index is 0.0359. The van der Waals surface area contributed by atoms with E-state index in [0.717, 1.165) is 0 Å². The van der Waals surface area contributed by atoms with Crippen molar-refractivity contribution in [2.75, 3.05) is 19.6 Å². The second-order valence-corrected chi connectivity index (χ2v) is 5.09. The molecule has 1 fully saturated rings. The smallest absolute Gasteiger partial charge is 0.422 e. The number of piperidine rings is 1. The molecule has 1 atom stereocenters. The minimum Gasteiger partial charge on any atom is -0.479 e. The molecule has 6 nitrogen and oxygen atoms in total. The standard InChI is InChI=1S/C11H18F3N3O3/c1-10(9(19)20,11(12,13)14)16-8(18)6-17-4-2-7(15)3-5-17/h7H,2-6,15H2,1H3,(H,16,18)(H,19,20). The molecule has 1 rings (SSSR count). The van der Waals surface area contributed by atoms with Gasteiger partial charge in [-0.05, 0) is 19.8 Å². The number of amides is 1. The number of carboxylic acid groups (broad SMARTS) is 1. The van der Waals surface area contributed by atoms with Crippen molar-refractivity contribution in [3.8, 4) is 0 Å². The Morgan fingerprint density at radius 3 is 2.25 bits per heavy atom. The first-order valence-electron chi connectivity index (χ1n) is 6.15. The van der Waals surface area contributed by atoms with E-state index in [1.807, 2.05) is 0 Å². The molecule has 4 N–H and O–H groups in total. The Morgan fingerprint density at radius 2 is 1.85 bits per heavy atom. The van der Waals surface area contributed by atoms with Gasteiger partial charge in [-0.2, -0.15) is 13.2 Å². The van der Waals surface area contributed by atoms with Crippen LogP contribution >= 0.6 is 0 Å². The van der Waals surface area contributed by atoms with Crippen molar-refractivity contribution >= 4 is 11.9 Å². The number of nitrogens with one attached hydrogen (secondary N) is 1. The van der Waals surface area contributed by atoms with Gasteiger partial charge < -0.3 is 16.2 Å². The van der Waals surface area contributed by atoms with Crippen LogP contribution in [0.1, 0.15) is 19.8 Å². The summed E-state index contributed by atoms with van der Waals surface area (Å²) in [6, 6.07) is 0.0359. The third-order valence-corrected chi connectivity index (χ3v) is 3.38. The van der Waals surface area contributed by atoms with Gasteiger partial charge in [-0.1, -0.05) is 0 Å². The number of likely N-dealkylation sites (tertiary alicyclic amines) is 1. The maximum absolute atomic E-state index is 12.7. The zero-order valence-electron chi connectivity index (χ0n) is 11.0. The second-order valence-electron chi connectivity index (χ2n) is 5.09. The van der Waals surface area contributed by atoms with E-state index in [0.29, 0.717) is 32.9 Å². The summed E-state index contributed by atoms with van der Waals surface area (Å²) >= 11 is 0. The monoisotopic (exact) mass is 297 g/mol. The summed E-state index contributed by atoms with van der Waals surface area (Å²) < 4.78 is 38.2. The molecule has 0 aliphatic carbocycles. The van der Waals surface area contributed by atoms with Gasteiger partial charge >= 0.3 is 12.1 Å². The molecule has 1 amide bonds. The molecular formula is C11H18F3N3O3. The molecule has 1 heterocycles. The summed E-state index contributed by atoms with van der Waals surface area (Å²) in [5.74, 6) is -3.11. The number of carbonyl (C=O) groups is 2. The first-order valence-corrected chi connectivity index (χ1v) is 6.15. The van der Waals surface area contributed by atoms with Crippen molar-refractivity contribution in [1.82, 2.24) is 10.2 Å². The number of hydrogen-bond acceptors (Lipinski definition) is 4. The minimum atomic E-state index is -5.07. The molecule has 116 valence electrons. The molecule has 0 spiro atoms. The molecule has 20 heavy (non-hydrogen) atoms. The maximum atomic E-state index is 12.7. The predicted molar refractivity (Wildman–Crippen MR) is 63.9 cm³/mol. The van der Waals surface area contributed by atoms with Gasteiger partial charge in [0.1, 0.15) is 0 Å². The number of hydrogen-bond donors (Lipinski definition) is 3. The van der Waals surface area contributed by atoms with Crippen molar-refractivity contribution in [3.05, 3.63) is 0 Å². The molecule has 1 unspecified atom stereocenters. The van der Waals surface area contributed by atoms with Crippen LogP contribution in [0.2, 0.25) is 0 Å². The highest BCUT2D eigenvalue weighted by Crippen LogP contribution is 2.30. The first-order chi connectivity index (χ1) is 9.06. The van der Waals surface area contributed by atoms with E-state index < -0.39 is 23.6 Å². The lowest BCUT2D eigenvalue weighted by Crippen LogP contribution is -2.63. The summed E-state index contributed by atoms with van der Waals surface area (Å²) in [6.45, 7) is 1.17. The van der Waals surface area contributed by atoms with E-state index in [1.54, 1.807) is 10.2 Å². The number of rotatable bonds is 4. The van der Waals surface area contributed by atoms with Crippen LogP contribution in [-0.2, 0) is 9.59 Å². The fourth-order valence-electron chi connectivity index (χ4n) is 1.88. The van der Waals surface area contributed by atoms with Crippen LogP contribution in [0.15, 0.2) is 0 Å². The molecule has 1 saturated heterocycles. The lowest BCUT2D eigenvalue weighted by molar-refractivity contribution is -0.207. The number of nitrogens with zero attached hydrogens (tertiary/aromatic N) is 1. The highest BCUT2D eigenvalue weighted by Gasteiger charge is 2.58. The summed E-state index contributed by atoms with van der Waals surface area (Å²) in [4.78, 5) is 24.0. The Kier molecular flexibility index (Phi) is 4.98. The normalized spacial score (nSPS) is 21.2. The summed E-state index contributed by atoms with van der Waals surface area (Å²) in [5.41, 5.74) is 2.39. The molecule has 9 heteroatoms. The molecule has 0 aromatic rings. The summed E-state index contributed by atoms with van der Waals surface area (Å²) in [7, 11) is 0. The predicted octanol–water partition coefficient (Wildman–Crippen LogP) is -0.0687. The van der Waals surface area contributed by atoms with Crippen molar-refractivity contribution in [3.63, 3.8) is 0 Å².